The van der Waals surface area contributed by atoms with E-state index in [0.29, 0.717) is 5.56 Å². The van der Waals surface area contributed by atoms with Gasteiger partial charge in [-0.1, -0.05) is 11.6 Å². The molecule has 1 spiro atoms. The van der Waals surface area contributed by atoms with Crippen molar-refractivity contribution in [2.24, 2.45) is 11.3 Å². The fourth-order valence-electron chi connectivity index (χ4n) is 4.38. The molecule has 3 nitrogen and oxygen atoms in total. The molecular weight excluding hydrogens is 327 g/mol. The van der Waals surface area contributed by atoms with Gasteiger partial charge in [0.2, 0.25) is 0 Å². The third-order valence-electron chi connectivity index (χ3n) is 5.85. The van der Waals surface area contributed by atoms with Gasteiger partial charge in [0.05, 0.1) is 5.02 Å². The highest BCUT2D eigenvalue weighted by atomic mass is 35.5. The van der Waals surface area contributed by atoms with Gasteiger partial charge in [0.25, 0.3) is 5.91 Å². The van der Waals surface area contributed by atoms with Gasteiger partial charge in [0, 0.05) is 37.2 Å². The summed E-state index contributed by atoms with van der Waals surface area (Å²) in [5, 5.41) is 0.0167. The SMILES string of the molecule is O=C(c1ccc(F)c(Cl)c1)N1CCC2(CCCN(CC3CC3)C2)C1. The van der Waals surface area contributed by atoms with Crippen LogP contribution >= 0.6 is 11.6 Å². The number of piperidine rings is 1. The zero-order valence-electron chi connectivity index (χ0n) is 13.9. The quantitative estimate of drug-likeness (QED) is 0.827. The summed E-state index contributed by atoms with van der Waals surface area (Å²) in [7, 11) is 0. The highest BCUT2D eigenvalue weighted by molar-refractivity contribution is 6.31. The Morgan fingerprint density at radius 3 is 2.83 bits per heavy atom. The van der Waals surface area contributed by atoms with Crippen molar-refractivity contribution < 1.29 is 9.18 Å². The third kappa shape index (κ3) is 3.31. The van der Waals surface area contributed by atoms with Gasteiger partial charge in [-0.3, -0.25) is 4.79 Å². The first-order valence-electron chi connectivity index (χ1n) is 9.01. The highest BCUT2D eigenvalue weighted by Crippen LogP contribution is 2.41. The molecule has 5 heteroatoms. The summed E-state index contributed by atoms with van der Waals surface area (Å²) in [6.45, 7) is 5.19. The van der Waals surface area contributed by atoms with E-state index in [4.69, 9.17) is 11.6 Å². The Labute approximate surface area is 147 Å². The molecule has 24 heavy (non-hydrogen) atoms. The van der Waals surface area contributed by atoms with Crippen molar-refractivity contribution in [3.8, 4) is 0 Å². The van der Waals surface area contributed by atoms with Crippen molar-refractivity contribution >= 4 is 17.5 Å². The molecular formula is C19H24ClFN2O. The Hall–Kier alpha value is -1.13. The van der Waals surface area contributed by atoms with Crippen LogP contribution in [0.5, 0.6) is 0 Å². The topological polar surface area (TPSA) is 23.6 Å². The Bertz CT molecular complexity index is 648. The lowest BCUT2D eigenvalue weighted by molar-refractivity contribution is 0.0681. The number of carbonyl (C=O) groups is 1. The van der Waals surface area contributed by atoms with E-state index in [1.807, 2.05) is 4.90 Å². The number of rotatable bonds is 3. The van der Waals surface area contributed by atoms with Crippen molar-refractivity contribution in [1.29, 1.82) is 0 Å². The van der Waals surface area contributed by atoms with Crippen LogP contribution in [0.1, 0.15) is 42.5 Å². The van der Waals surface area contributed by atoms with E-state index in [-0.39, 0.29) is 16.3 Å². The van der Waals surface area contributed by atoms with Crippen LogP contribution in [-0.2, 0) is 0 Å². The van der Waals surface area contributed by atoms with Crippen molar-refractivity contribution in [2.75, 3.05) is 32.7 Å². The van der Waals surface area contributed by atoms with Crippen molar-refractivity contribution in [3.05, 3.63) is 34.6 Å². The maximum absolute atomic E-state index is 13.3. The predicted octanol–water partition coefficient (Wildman–Crippen LogP) is 3.82. The standard InChI is InChI=1S/C19H24ClFN2O/c20-16-10-15(4-5-17(16)21)18(24)23-9-7-19(13-23)6-1-8-22(12-19)11-14-2-3-14/h4-5,10,14H,1-3,6-9,11-13H2. The van der Waals surface area contributed by atoms with Crippen LogP contribution in [0.2, 0.25) is 5.02 Å². The molecule has 1 atom stereocenters. The number of likely N-dealkylation sites (tertiary alicyclic amines) is 2. The van der Waals surface area contributed by atoms with Gasteiger partial charge in [-0.05, 0) is 62.8 Å². The van der Waals surface area contributed by atoms with E-state index in [2.05, 4.69) is 4.90 Å². The van der Waals surface area contributed by atoms with Gasteiger partial charge in [0.1, 0.15) is 5.82 Å². The van der Waals surface area contributed by atoms with Crippen LogP contribution in [0.3, 0.4) is 0 Å². The van der Waals surface area contributed by atoms with Crippen molar-refractivity contribution in [2.45, 2.75) is 32.1 Å². The molecule has 0 aromatic heterocycles. The first kappa shape index (κ1) is 16.3. The molecule has 0 N–H and O–H groups in total. The minimum absolute atomic E-state index is 0.0167. The molecule has 2 heterocycles. The largest absolute Gasteiger partial charge is 0.338 e. The smallest absolute Gasteiger partial charge is 0.253 e. The average Bonchev–Trinajstić information content (AvgIpc) is 3.29. The van der Waals surface area contributed by atoms with Gasteiger partial charge in [0.15, 0.2) is 0 Å². The number of benzene rings is 1. The summed E-state index contributed by atoms with van der Waals surface area (Å²) >= 11 is 5.83. The molecule has 1 aromatic rings. The molecule has 4 rings (SSSR count). The summed E-state index contributed by atoms with van der Waals surface area (Å²) in [6.07, 6.45) is 6.30. The lowest BCUT2D eigenvalue weighted by atomic mass is 9.79. The molecule has 3 fully saturated rings. The average molecular weight is 351 g/mol. The zero-order valence-corrected chi connectivity index (χ0v) is 14.7. The first-order chi connectivity index (χ1) is 11.5. The molecule has 2 aliphatic heterocycles. The van der Waals surface area contributed by atoms with Crippen LogP contribution in [0.25, 0.3) is 0 Å². The van der Waals surface area contributed by atoms with Crippen molar-refractivity contribution in [1.82, 2.24) is 9.80 Å². The van der Waals surface area contributed by atoms with Gasteiger partial charge in [-0.15, -0.1) is 0 Å². The molecule has 1 aliphatic carbocycles. The Balaban J connectivity index is 1.43. The van der Waals surface area contributed by atoms with E-state index in [9.17, 15) is 9.18 Å². The molecule has 1 aromatic carbocycles. The lowest BCUT2D eigenvalue weighted by Crippen LogP contribution is -2.46. The minimum atomic E-state index is -0.478. The number of halogens is 2. The van der Waals surface area contributed by atoms with Gasteiger partial charge in [-0.25, -0.2) is 4.39 Å². The number of carbonyl (C=O) groups excluding carboxylic acids is 1. The Morgan fingerprint density at radius 2 is 2.08 bits per heavy atom. The van der Waals surface area contributed by atoms with Crippen LogP contribution in [0.4, 0.5) is 4.39 Å². The van der Waals surface area contributed by atoms with E-state index < -0.39 is 5.82 Å². The van der Waals surface area contributed by atoms with Crippen LogP contribution in [-0.4, -0.2) is 48.4 Å². The summed E-state index contributed by atoms with van der Waals surface area (Å²) in [5.74, 6) is 0.419. The summed E-state index contributed by atoms with van der Waals surface area (Å²) in [4.78, 5) is 17.3. The van der Waals surface area contributed by atoms with Crippen LogP contribution in [0.15, 0.2) is 18.2 Å². The molecule has 1 amide bonds. The molecule has 0 bridgehead atoms. The summed E-state index contributed by atoms with van der Waals surface area (Å²) in [5.41, 5.74) is 0.746. The highest BCUT2D eigenvalue weighted by Gasteiger charge is 2.43. The second kappa shape index (κ2) is 6.30. The number of nitrogens with zero attached hydrogens (tertiary/aromatic N) is 2. The molecule has 1 saturated carbocycles. The second-order valence-electron chi connectivity index (χ2n) is 7.89. The normalized spacial score (nSPS) is 27.8. The monoisotopic (exact) mass is 350 g/mol. The number of hydrogen-bond acceptors (Lipinski definition) is 2. The van der Waals surface area contributed by atoms with E-state index >= 15 is 0 Å². The van der Waals surface area contributed by atoms with Gasteiger partial charge >= 0.3 is 0 Å². The Kier molecular flexibility index (Phi) is 4.29. The van der Waals surface area contributed by atoms with E-state index in [1.165, 1.54) is 57.0 Å². The van der Waals surface area contributed by atoms with Crippen LogP contribution in [0, 0.1) is 17.2 Å². The number of amides is 1. The maximum atomic E-state index is 13.3. The van der Waals surface area contributed by atoms with E-state index in [0.717, 1.165) is 32.0 Å². The third-order valence-corrected chi connectivity index (χ3v) is 6.14. The molecule has 0 radical (unpaired) electrons. The predicted molar refractivity (Wildman–Crippen MR) is 92.8 cm³/mol. The van der Waals surface area contributed by atoms with Crippen molar-refractivity contribution in [3.63, 3.8) is 0 Å². The number of hydrogen-bond donors (Lipinski definition) is 0. The Morgan fingerprint density at radius 1 is 1.25 bits per heavy atom. The van der Waals surface area contributed by atoms with E-state index in [1.54, 1.807) is 0 Å². The summed E-state index contributed by atoms with van der Waals surface area (Å²) < 4.78 is 13.3. The maximum Gasteiger partial charge on any atom is 0.253 e. The van der Waals surface area contributed by atoms with Crippen LogP contribution < -0.4 is 0 Å². The first-order valence-corrected chi connectivity index (χ1v) is 9.39. The lowest BCUT2D eigenvalue weighted by Gasteiger charge is -2.40. The summed E-state index contributed by atoms with van der Waals surface area (Å²) in [6, 6.07) is 4.26. The van der Waals surface area contributed by atoms with Gasteiger partial charge < -0.3 is 9.80 Å². The fourth-order valence-corrected chi connectivity index (χ4v) is 4.57. The molecule has 1 unspecified atom stereocenters. The zero-order chi connectivity index (χ0) is 16.7. The minimum Gasteiger partial charge on any atom is -0.338 e. The van der Waals surface area contributed by atoms with Gasteiger partial charge in [-0.2, -0.15) is 0 Å². The molecule has 130 valence electrons. The molecule has 2 saturated heterocycles. The second-order valence-corrected chi connectivity index (χ2v) is 8.29. The fraction of sp³-hybridized carbons (Fsp3) is 0.632. The molecule has 3 aliphatic rings.